The number of aromatic nitrogens is 2. The van der Waals surface area contributed by atoms with Gasteiger partial charge in [-0.25, -0.2) is 4.98 Å². The van der Waals surface area contributed by atoms with Gasteiger partial charge in [0.2, 0.25) is 0 Å². The normalized spacial score (nSPS) is 13.0. The molecule has 4 nitrogen and oxygen atoms in total. The number of fused-ring (bicyclic) bond motifs is 4. The van der Waals surface area contributed by atoms with E-state index in [1.54, 1.807) is 0 Å². The van der Waals surface area contributed by atoms with Crippen molar-refractivity contribution < 1.29 is 0 Å². The van der Waals surface area contributed by atoms with Gasteiger partial charge in [0.1, 0.15) is 5.82 Å². The molecular weight excluding hydrogens is 637 g/mol. The van der Waals surface area contributed by atoms with Crippen molar-refractivity contribution >= 4 is 67.7 Å². The first-order valence-electron chi connectivity index (χ1n) is 17.9. The Morgan fingerprint density at radius 2 is 1.18 bits per heavy atom. The molecule has 9 rings (SSSR count). The van der Waals surface area contributed by atoms with Gasteiger partial charge in [0, 0.05) is 28.7 Å². The summed E-state index contributed by atoms with van der Waals surface area (Å²) in [7, 11) is -2.89. The Kier molecular flexibility index (Phi) is 7.59. The van der Waals surface area contributed by atoms with E-state index < -0.39 is 8.07 Å². The number of hydrogen-bond acceptors (Lipinski definition) is 3. The molecule has 0 N–H and O–H groups in total. The Hall–Kier alpha value is -5.91. The standard InChI is InChI=1S/C46H40N4Si/c1-33(2)48-32-49(44-24-13-12-23-43(44)48)35-15-14-20-38(30-35)51(36-16-6-4-7-17-36,37-18-8-5-9-19-37)39-25-26-41-40-21-10-11-22-42(40)50(45(41)31-39)46-29-34(3)27-28-47-46/h4-31,33H,32H2,1-3H3. The Morgan fingerprint density at radius 3 is 1.90 bits per heavy atom. The van der Waals surface area contributed by atoms with E-state index in [0.717, 1.165) is 12.5 Å². The van der Waals surface area contributed by atoms with Gasteiger partial charge in [0.25, 0.3) is 0 Å². The summed E-state index contributed by atoms with van der Waals surface area (Å²) in [5.41, 5.74) is 7.29. The average Bonchev–Trinajstić information content (AvgIpc) is 3.73. The van der Waals surface area contributed by atoms with Crippen LogP contribution >= 0.6 is 0 Å². The van der Waals surface area contributed by atoms with Crippen LogP contribution in [0, 0.1) is 6.92 Å². The van der Waals surface area contributed by atoms with Gasteiger partial charge in [0.05, 0.1) is 29.1 Å². The van der Waals surface area contributed by atoms with Crippen molar-refractivity contribution in [3.63, 3.8) is 0 Å². The summed E-state index contributed by atoms with van der Waals surface area (Å²) in [4.78, 5) is 9.88. The lowest BCUT2D eigenvalue weighted by atomic mass is 10.1. The second-order valence-corrected chi connectivity index (χ2v) is 17.7. The zero-order valence-corrected chi connectivity index (χ0v) is 30.2. The number of aryl methyl sites for hydroxylation is 1. The minimum absolute atomic E-state index is 0.391. The number of pyridine rings is 1. The van der Waals surface area contributed by atoms with Crippen molar-refractivity contribution in [3.05, 3.63) is 176 Å². The van der Waals surface area contributed by atoms with Gasteiger partial charge in [-0.05, 0) is 95.6 Å². The minimum Gasteiger partial charge on any atom is -0.349 e. The molecule has 6 aromatic carbocycles. The molecule has 0 amide bonds. The van der Waals surface area contributed by atoms with Crippen LogP contribution in [0.25, 0.3) is 27.6 Å². The van der Waals surface area contributed by atoms with Gasteiger partial charge in [0.15, 0.2) is 8.07 Å². The van der Waals surface area contributed by atoms with Crippen LogP contribution in [0.4, 0.5) is 17.1 Å². The smallest absolute Gasteiger partial charge is 0.179 e. The van der Waals surface area contributed by atoms with Crippen LogP contribution in [-0.4, -0.2) is 30.3 Å². The van der Waals surface area contributed by atoms with E-state index >= 15 is 0 Å². The molecule has 0 aliphatic carbocycles. The van der Waals surface area contributed by atoms with E-state index in [4.69, 9.17) is 4.98 Å². The lowest BCUT2D eigenvalue weighted by Crippen LogP contribution is -2.74. The molecule has 0 radical (unpaired) electrons. The van der Waals surface area contributed by atoms with Crippen LogP contribution < -0.4 is 30.5 Å². The number of anilines is 3. The molecule has 0 unspecified atom stereocenters. The minimum atomic E-state index is -2.89. The van der Waals surface area contributed by atoms with Gasteiger partial charge in [-0.3, -0.25) is 4.57 Å². The molecule has 0 atom stereocenters. The second-order valence-electron chi connectivity index (χ2n) is 13.9. The molecule has 51 heavy (non-hydrogen) atoms. The predicted octanol–water partition coefficient (Wildman–Crippen LogP) is 8.19. The summed E-state index contributed by atoms with van der Waals surface area (Å²) in [6, 6.07) is 61.3. The molecule has 1 aliphatic rings. The highest BCUT2D eigenvalue weighted by Gasteiger charge is 2.42. The van der Waals surface area contributed by atoms with E-state index in [1.807, 2.05) is 6.20 Å². The largest absolute Gasteiger partial charge is 0.349 e. The number of hydrogen-bond donors (Lipinski definition) is 0. The van der Waals surface area contributed by atoms with E-state index in [2.05, 4.69) is 199 Å². The number of para-hydroxylation sites is 3. The summed E-state index contributed by atoms with van der Waals surface area (Å²) in [5, 5.41) is 7.88. The van der Waals surface area contributed by atoms with E-state index in [0.29, 0.717) is 6.04 Å². The third-order valence-electron chi connectivity index (χ3n) is 10.6. The number of rotatable bonds is 7. The van der Waals surface area contributed by atoms with E-state index in [-0.39, 0.29) is 0 Å². The van der Waals surface area contributed by atoms with Crippen molar-refractivity contribution in [2.75, 3.05) is 16.5 Å². The van der Waals surface area contributed by atoms with Crippen LogP contribution in [0.3, 0.4) is 0 Å². The third-order valence-corrected chi connectivity index (χ3v) is 15.4. The maximum absolute atomic E-state index is 4.91. The lowest BCUT2D eigenvalue weighted by molar-refractivity contribution is 0.709. The fourth-order valence-electron chi connectivity index (χ4n) is 8.28. The van der Waals surface area contributed by atoms with Gasteiger partial charge in [-0.1, -0.05) is 115 Å². The Bertz CT molecular complexity index is 2480. The summed E-state index contributed by atoms with van der Waals surface area (Å²) in [6.07, 6.45) is 1.92. The average molecular weight is 677 g/mol. The van der Waals surface area contributed by atoms with Crippen LogP contribution in [0.5, 0.6) is 0 Å². The van der Waals surface area contributed by atoms with Gasteiger partial charge in [-0.2, -0.15) is 0 Å². The summed E-state index contributed by atoms with van der Waals surface area (Å²) < 4.78 is 2.36. The molecule has 5 heteroatoms. The molecular formula is C46H40N4Si. The summed E-state index contributed by atoms with van der Waals surface area (Å²) in [6.45, 7) is 7.52. The summed E-state index contributed by atoms with van der Waals surface area (Å²) >= 11 is 0. The first-order valence-corrected chi connectivity index (χ1v) is 19.9. The zero-order valence-electron chi connectivity index (χ0n) is 29.2. The van der Waals surface area contributed by atoms with E-state index in [1.165, 1.54) is 65.2 Å². The highest BCUT2D eigenvalue weighted by Crippen LogP contribution is 2.41. The number of benzene rings is 6. The molecule has 0 bridgehead atoms. The molecule has 8 aromatic rings. The maximum Gasteiger partial charge on any atom is 0.179 e. The van der Waals surface area contributed by atoms with Gasteiger partial charge >= 0.3 is 0 Å². The van der Waals surface area contributed by atoms with Crippen molar-refractivity contribution in [2.24, 2.45) is 0 Å². The lowest BCUT2D eigenvalue weighted by Gasteiger charge is -2.35. The zero-order chi connectivity index (χ0) is 34.5. The van der Waals surface area contributed by atoms with Gasteiger partial charge in [-0.15, -0.1) is 0 Å². The van der Waals surface area contributed by atoms with Crippen LogP contribution in [0.1, 0.15) is 19.4 Å². The fourth-order valence-corrected chi connectivity index (χ4v) is 13.1. The quantitative estimate of drug-likeness (QED) is 0.126. The molecule has 3 heterocycles. The first kappa shape index (κ1) is 31.1. The molecule has 0 fully saturated rings. The predicted molar refractivity (Wildman–Crippen MR) is 218 cm³/mol. The fraction of sp³-hybridized carbons (Fsp3) is 0.109. The van der Waals surface area contributed by atoms with Crippen molar-refractivity contribution in [2.45, 2.75) is 26.8 Å². The second kappa shape index (κ2) is 12.4. The molecule has 2 aromatic heterocycles. The highest BCUT2D eigenvalue weighted by atomic mass is 28.3. The highest BCUT2D eigenvalue weighted by molar-refractivity contribution is 7.20. The SMILES string of the molecule is Cc1ccnc(-n2c3ccccc3c3ccc([Si](c4ccccc4)(c4ccccc4)c4cccc(N5CN(C(C)C)c6ccccc65)c4)cc32)c1. The third kappa shape index (κ3) is 4.99. The topological polar surface area (TPSA) is 24.3 Å². The Morgan fingerprint density at radius 1 is 0.549 bits per heavy atom. The van der Waals surface area contributed by atoms with Gasteiger partial charge < -0.3 is 9.80 Å². The Labute approximate surface area is 300 Å². The molecule has 0 saturated carbocycles. The molecule has 1 aliphatic heterocycles. The molecule has 0 spiro atoms. The van der Waals surface area contributed by atoms with Crippen molar-refractivity contribution in [1.29, 1.82) is 0 Å². The number of nitrogens with zero attached hydrogens (tertiary/aromatic N) is 4. The van der Waals surface area contributed by atoms with Crippen LogP contribution in [0.15, 0.2) is 170 Å². The van der Waals surface area contributed by atoms with Crippen molar-refractivity contribution in [1.82, 2.24) is 9.55 Å². The van der Waals surface area contributed by atoms with Crippen LogP contribution in [-0.2, 0) is 0 Å². The monoisotopic (exact) mass is 676 g/mol. The molecule has 248 valence electrons. The molecule has 0 saturated heterocycles. The van der Waals surface area contributed by atoms with Crippen LogP contribution in [0.2, 0.25) is 0 Å². The summed E-state index contributed by atoms with van der Waals surface area (Å²) in [5.74, 6) is 0.939. The Balaban J connectivity index is 1.34. The maximum atomic E-state index is 4.91. The van der Waals surface area contributed by atoms with E-state index in [9.17, 15) is 0 Å². The van der Waals surface area contributed by atoms with Crippen molar-refractivity contribution in [3.8, 4) is 5.82 Å². The first-order chi connectivity index (χ1) is 25.0.